The normalized spacial score (nSPS) is 16.3. The van der Waals surface area contributed by atoms with Crippen LogP contribution in [-0.4, -0.2) is 67.4 Å². The largest absolute Gasteiger partial charge is 0.335 e. The van der Waals surface area contributed by atoms with Gasteiger partial charge in [-0.3, -0.25) is 14.3 Å². The summed E-state index contributed by atoms with van der Waals surface area (Å²) in [5, 5.41) is 8.92. The first-order chi connectivity index (χ1) is 15.1. The molecule has 0 atom stereocenters. The van der Waals surface area contributed by atoms with Crippen molar-refractivity contribution in [2.75, 3.05) is 26.2 Å². The fourth-order valence-corrected chi connectivity index (χ4v) is 4.42. The maximum absolute atomic E-state index is 13.1. The van der Waals surface area contributed by atoms with E-state index in [1.54, 1.807) is 20.7 Å². The minimum atomic E-state index is -0.0397. The molecular weight excluding hydrogens is 392 g/mol. The standard InChI is InChI=1S/C23H26N6O2/c1-17-20(16-24-29(17)18-7-3-2-4-8-18)22(30)26-11-13-27(14-12-26)23(31)21-15-19-9-5-6-10-28(19)25-21/h2-4,7-8,15-16H,5-6,9-14H2,1H3. The summed E-state index contributed by atoms with van der Waals surface area (Å²) >= 11 is 0. The Hall–Kier alpha value is -3.42. The van der Waals surface area contributed by atoms with E-state index in [0.29, 0.717) is 37.4 Å². The van der Waals surface area contributed by atoms with Gasteiger partial charge in [0.25, 0.3) is 11.8 Å². The second-order valence-corrected chi connectivity index (χ2v) is 8.18. The molecule has 8 nitrogen and oxygen atoms in total. The molecule has 2 aromatic heterocycles. The van der Waals surface area contributed by atoms with Crippen LogP contribution in [0.3, 0.4) is 0 Å². The zero-order valence-electron chi connectivity index (χ0n) is 17.7. The van der Waals surface area contributed by atoms with Crippen molar-refractivity contribution in [3.8, 4) is 5.69 Å². The molecular formula is C23H26N6O2. The number of benzene rings is 1. The number of carbonyl (C=O) groups excluding carboxylic acids is 2. The highest BCUT2D eigenvalue weighted by Gasteiger charge is 2.29. The highest BCUT2D eigenvalue weighted by molar-refractivity contribution is 5.96. The summed E-state index contributed by atoms with van der Waals surface area (Å²) in [6.45, 7) is 4.84. The molecule has 0 unspecified atom stereocenters. The molecule has 0 radical (unpaired) electrons. The number of fused-ring (bicyclic) bond motifs is 1. The highest BCUT2D eigenvalue weighted by Crippen LogP contribution is 2.19. The first-order valence-electron chi connectivity index (χ1n) is 10.9. The highest BCUT2D eigenvalue weighted by atomic mass is 16.2. The van der Waals surface area contributed by atoms with Gasteiger partial charge in [0.05, 0.1) is 23.1 Å². The van der Waals surface area contributed by atoms with Crippen LogP contribution >= 0.6 is 0 Å². The fraction of sp³-hybridized carbons (Fsp3) is 0.391. The van der Waals surface area contributed by atoms with E-state index in [0.717, 1.165) is 42.9 Å². The Kier molecular flexibility index (Phi) is 5.05. The first kappa shape index (κ1) is 19.5. The van der Waals surface area contributed by atoms with Crippen LogP contribution in [0.15, 0.2) is 42.6 Å². The van der Waals surface area contributed by atoms with Crippen LogP contribution in [0.1, 0.15) is 45.1 Å². The van der Waals surface area contributed by atoms with E-state index in [1.807, 2.05) is 48.0 Å². The van der Waals surface area contributed by atoms with Gasteiger partial charge in [-0.15, -0.1) is 0 Å². The average Bonchev–Trinajstić information content (AvgIpc) is 3.42. The number of amides is 2. The summed E-state index contributed by atoms with van der Waals surface area (Å²) in [4.78, 5) is 29.6. The molecule has 0 bridgehead atoms. The van der Waals surface area contributed by atoms with Crippen molar-refractivity contribution < 1.29 is 9.59 Å². The Morgan fingerprint density at radius 2 is 1.61 bits per heavy atom. The lowest BCUT2D eigenvalue weighted by molar-refractivity contribution is 0.0531. The van der Waals surface area contributed by atoms with Crippen molar-refractivity contribution in [3.63, 3.8) is 0 Å². The molecule has 2 amide bonds. The number of rotatable bonds is 3. The lowest BCUT2D eigenvalue weighted by Gasteiger charge is -2.34. The summed E-state index contributed by atoms with van der Waals surface area (Å²) in [7, 11) is 0. The van der Waals surface area contributed by atoms with Crippen LogP contribution in [0.4, 0.5) is 0 Å². The molecule has 5 rings (SSSR count). The van der Waals surface area contributed by atoms with Crippen LogP contribution in [0, 0.1) is 6.92 Å². The molecule has 1 saturated heterocycles. The van der Waals surface area contributed by atoms with Gasteiger partial charge in [-0.25, -0.2) is 4.68 Å². The van der Waals surface area contributed by atoms with Gasteiger partial charge in [0.15, 0.2) is 5.69 Å². The van der Waals surface area contributed by atoms with E-state index >= 15 is 0 Å². The monoisotopic (exact) mass is 418 g/mol. The molecule has 0 spiro atoms. The predicted molar refractivity (Wildman–Crippen MR) is 115 cm³/mol. The minimum absolute atomic E-state index is 0.0377. The van der Waals surface area contributed by atoms with Crippen molar-refractivity contribution in [2.24, 2.45) is 0 Å². The summed E-state index contributed by atoms with van der Waals surface area (Å²) in [5.41, 5.74) is 4.02. The van der Waals surface area contributed by atoms with Crippen LogP contribution in [-0.2, 0) is 13.0 Å². The average molecular weight is 419 g/mol. The number of carbonyl (C=O) groups is 2. The van der Waals surface area contributed by atoms with Crippen molar-refractivity contribution >= 4 is 11.8 Å². The summed E-state index contributed by atoms with van der Waals surface area (Å²) < 4.78 is 3.75. The number of aryl methyl sites for hydroxylation is 2. The zero-order chi connectivity index (χ0) is 21.4. The van der Waals surface area contributed by atoms with Gasteiger partial charge in [0.2, 0.25) is 0 Å². The molecule has 1 aromatic carbocycles. The molecule has 2 aliphatic rings. The van der Waals surface area contributed by atoms with Gasteiger partial charge in [-0.1, -0.05) is 18.2 Å². The fourth-order valence-electron chi connectivity index (χ4n) is 4.42. The number of aromatic nitrogens is 4. The van der Waals surface area contributed by atoms with Crippen LogP contribution < -0.4 is 0 Å². The van der Waals surface area contributed by atoms with Gasteiger partial charge in [-0.05, 0) is 44.4 Å². The molecule has 8 heteroatoms. The third-order valence-electron chi connectivity index (χ3n) is 6.23. The second kappa shape index (κ2) is 8.02. The molecule has 160 valence electrons. The van der Waals surface area contributed by atoms with Gasteiger partial charge in [-0.2, -0.15) is 10.2 Å². The van der Waals surface area contributed by atoms with Gasteiger partial charge >= 0.3 is 0 Å². The number of para-hydroxylation sites is 1. The van der Waals surface area contributed by atoms with E-state index in [9.17, 15) is 9.59 Å². The zero-order valence-corrected chi connectivity index (χ0v) is 17.7. The van der Waals surface area contributed by atoms with E-state index in [4.69, 9.17) is 0 Å². The van der Waals surface area contributed by atoms with Crippen LogP contribution in [0.25, 0.3) is 5.69 Å². The predicted octanol–water partition coefficient (Wildman–Crippen LogP) is 2.31. The number of piperazine rings is 1. The maximum Gasteiger partial charge on any atom is 0.274 e. The molecule has 4 heterocycles. The Morgan fingerprint density at radius 1 is 0.903 bits per heavy atom. The Balaban J connectivity index is 1.24. The van der Waals surface area contributed by atoms with Crippen molar-refractivity contribution in [2.45, 2.75) is 32.7 Å². The summed E-state index contributed by atoms with van der Waals surface area (Å²) in [5.74, 6) is -0.0775. The van der Waals surface area contributed by atoms with E-state index < -0.39 is 0 Å². The van der Waals surface area contributed by atoms with Gasteiger partial charge < -0.3 is 9.80 Å². The number of hydrogen-bond donors (Lipinski definition) is 0. The maximum atomic E-state index is 13.1. The molecule has 3 aromatic rings. The summed E-state index contributed by atoms with van der Waals surface area (Å²) in [6, 6.07) is 11.7. The Bertz CT molecular complexity index is 1090. The van der Waals surface area contributed by atoms with Crippen LogP contribution in [0.2, 0.25) is 0 Å². The second-order valence-electron chi connectivity index (χ2n) is 8.18. The van der Waals surface area contributed by atoms with Crippen molar-refractivity contribution in [1.29, 1.82) is 0 Å². The number of nitrogens with zero attached hydrogens (tertiary/aromatic N) is 6. The van der Waals surface area contributed by atoms with Crippen molar-refractivity contribution in [1.82, 2.24) is 29.4 Å². The molecule has 0 aliphatic carbocycles. The summed E-state index contributed by atoms with van der Waals surface area (Å²) in [6.07, 6.45) is 4.89. The van der Waals surface area contributed by atoms with Crippen molar-refractivity contribution in [3.05, 3.63) is 65.2 Å². The first-order valence-corrected chi connectivity index (χ1v) is 10.9. The molecule has 0 saturated carbocycles. The van der Waals surface area contributed by atoms with Gasteiger partial charge in [0, 0.05) is 38.4 Å². The number of hydrogen-bond acceptors (Lipinski definition) is 4. The van der Waals surface area contributed by atoms with Crippen LogP contribution in [0.5, 0.6) is 0 Å². The molecule has 2 aliphatic heterocycles. The third kappa shape index (κ3) is 3.62. The van der Waals surface area contributed by atoms with E-state index in [2.05, 4.69) is 10.2 Å². The molecule has 31 heavy (non-hydrogen) atoms. The topological polar surface area (TPSA) is 76.3 Å². The Labute approximate surface area is 181 Å². The Morgan fingerprint density at radius 3 is 2.32 bits per heavy atom. The lowest BCUT2D eigenvalue weighted by atomic mass is 10.1. The van der Waals surface area contributed by atoms with E-state index in [1.165, 1.54) is 0 Å². The van der Waals surface area contributed by atoms with E-state index in [-0.39, 0.29) is 11.8 Å². The smallest absolute Gasteiger partial charge is 0.274 e. The minimum Gasteiger partial charge on any atom is -0.335 e. The molecule has 1 fully saturated rings. The van der Waals surface area contributed by atoms with Gasteiger partial charge in [0.1, 0.15) is 0 Å². The lowest BCUT2D eigenvalue weighted by Crippen LogP contribution is -2.50. The SMILES string of the molecule is Cc1c(C(=O)N2CCN(C(=O)c3cc4n(n3)CCCC4)CC2)cnn1-c1ccccc1. The molecule has 0 N–H and O–H groups in total. The quantitative estimate of drug-likeness (QED) is 0.654. The third-order valence-corrected chi connectivity index (χ3v) is 6.23.